The Labute approximate surface area is 191 Å². The first kappa shape index (κ1) is 24.2. The number of amides is 1. The predicted molar refractivity (Wildman–Crippen MR) is 118 cm³/mol. The van der Waals surface area contributed by atoms with E-state index in [4.69, 9.17) is 4.74 Å². The fourth-order valence-corrected chi connectivity index (χ4v) is 4.46. The van der Waals surface area contributed by atoms with Crippen molar-refractivity contribution in [3.8, 4) is 0 Å². The predicted octanol–water partition coefficient (Wildman–Crippen LogP) is 1.97. The molecule has 176 valence electrons. The van der Waals surface area contributed by atoms with Gasteiger partial charge in [0.2, 0.25) is 0 Å². The van der Waals surface area contributed by atoms with Crippen molar-refractivity contribution in [2.45, 2.75) is 23.8 Å². The lowest BCUT2D eigenvalue weighted by molar-refractivity contribution is 0.0598. The Morgan fingerprint density at radius 3 is 2.24 bits per heavy atom. The summed E-state index contributed by atoms with van der Waals surface area (Å²) < 4.78 is 43.3. The zero-order chi connectivity index (χ0) is 24.0. The minimum Gasteiger partial charge on any atom is -0.465 e. The van der Waals surface area contributed by atoms with Crippen molar-refractivity contribution >= 4 is 33.6 Å². The summed E-state index contributed by atoms with van der Waals surface area (Å²) >= 11 is 0. The first-order valence-corrected chi connectivity index (χ1v) is 11.6. The molecular weight excluding hydrogens is 452 g/mol. The Morgan fingerprint density at radius 1 is 1.03 bits per heavy atom. The van der Waals surface area contributed by atoms with Crippen LogP contribution in [-0.2, 0) is 24.2 Å². The minimum atomic E-state index is -4.30. The first-order valence-electron chi connectivity index (χ1n) is 10.1. The zero-order valence-corrected chi connectivity index (χ0v) is 18.9. The molecule has 33 heavy (non-hydrogen) atoms. The van der Waals surface area contributed by atoms with E-state index in [-0.39, 0.29) is 33.4 Å². The van der Waals surface area contributed by atoms with E-state index >= 15 is 0 Å². The molecule has 0 aromatic heterocycles. The van der Waals surface area contributed by atoms with Gasteiger partial charge in [0.05, 0.1) is 47.6 Å². The second-order valence-corrected chi connectivity index (χ2v) is 8.91. The quantitative estimate of drug-likeness (QED) is 0.552. The maximum absolute atomic E-state index is 13.1. The van der Waals surface area contributed by atoms with Crippen molar-refractivity contribution in [2.24, 2.45) is 0 Å². The molecule has 1 fully saturated rings. The third-order valence-electron chi connectivity index (χ3n) is 4.99. The molecule has 2 aromatic rings. The molecule has 0 aliphatic carbocycles. The van der Waals surface area contributed by atoms with Crippen molar-refractivity contribution in [3.05, 3.63) is 59.2 Å². The highest BCUT2D eigenvalue weighted by Gasteiger charge is 2.24. The summed E-state index contributed by atoms with van der Waals surface area (Å²) in [6, 6.07) is 9.40. The molecule has 1 amide bonds. The molecule has 3 rings (SSSR count). The number of sulfonamides is 1. The third kappa shape index (κ3) is 5.88. The minimum absolute atomic E-state index is 0.0328. The van der Waals surface area contributed by atoms with Crippen molar-refractivity contribution < 1.29 is 37.0 Å². The van der Waals surface area contributed by atoms with E-state index in [9.17, 15) is 22.8 Å². The summed E-state index contributed by atoms with van der Waals surface area (Å²) in [6.45, 7) is 0.957. The number of esters is 2. The van der Waals surface area contributed by atoms with Crippen molar-refractivity contribution in [1.82, 2.24) is 5.32 Å². The van der Waals surface area contributed by atoms with E-state index in [1.165, 1.54) is 18.2 Å². The molecule has 1 aliphatic heterocycles. The molecule has 0 saturated carbocycles. The number of hydrogen-bond donors (Lipinski definition) is 2. The van der Waals surface area contributed by atoms with E-state index in [1.807, 2.05) is 0 Å². The van der Waals surface area contributed by atoms with Gasteiger partial charge >= 0.3 is 11.9 Å². The number of para-hydroxylation sites is 1. The molecule has 2 N–H and O–H groups in total. The lowest BCUT2D eigenvalue weighted by Crippen LogP contribution is -2.32. The average molecular weight is 477 g/mol. The standard InChI is InChI=1S/C22H24N2O8S/c1-30-21(26)14-10-15(22(27)31-2)12-17(11-14)33(28,29)24-19-8-4-3-7-18(19)20(25)23-13-16-6-5-9-32-16/h3-4,7-8,10-12,16,24H,5-6,9,13H2,1-2H3,(H,23,25). The smallest absolute Gasteiger partial charge is 0.337 e. The molecule has 1 atom stereocenters. The summed E-state index contributed by atoms with van der Waals surface area (Å²) in [5, 5.41) is 2.75. The van der Waals surface area contributed by atoms with Gasteiger partial charge in [0.15, 0.2) is 0 Å². The number of methoxy groups -OCH3 is 2. The molecule has 0 spiro atoms. The Hall–Kier alpha value is -3.44. The summed E-state index contributed by atoms with van der Waals surface area (Å²) in [5.41, 5.74) is -0.159. The second-order valence-electron chi connectivity index (χ2n) is 7.23. The molecule has 11 heteroatoms. The van der Waals surface area contributed by atoms with Crippen LogP contribution in [-0.4, -0.2) is 59.7 Å². The lowest BCUT2D eigenvalue weighted by Gasteiger charge is -2.15. The highest BCUT2D eigenvalue weighted by molar-refractivity contribution is 7.92. The van der Waals surface area contributed by atoms with E-state index in [2.05, 4.69) is 19.5 Å². The first-order chi connectivity index (χ1) is 15.7. The van der Waals surface area contributed by atoms with E-state index < -0.39 is 27.9 Å². The van der Waals surface area contributed by atoms with Crippen LogP contribution in [0.4, 0.5) is 5.69 Å². The van der Waals surface area contributed by atoms with Crippen molar-refractivity contribution in [3.63, 3.8) is 0 Å². The Morgan fingerprint density at radius 2 is 1.67 bits per heavy atom. The molecule has 1 unspecified atom stereocenters. The number of ether oxygens (including phenoxy) is 3. The molecule has 0 bridgehead atoms. The van der Waals surface area contributed by atoms with Gasteiger partial charge in [-0.2, -0.15) is 0 Å². The highest BCUT2D eigenvalue weighted by atomic mass is 32.2. The maximum Gasteiger partial charge on any atom is 0.337 e. The van der Waals surface area contributed by atoms with Gasteiger partial charge in [-0.3, -0.25) is 9.52 Å². The van der Waals surface area contributed by atoms with Gasteiger partial charge in [-0.1, -0.05) is 12.1 Å². The fraction of sp³-hybridized carbons (Fsp3) is 0.318. The van der Waals surface area contributed by atoms with Crippen molar-refractivity contribution in [2.75, 3.05) is 32.1 Å². The van der Waals surface area contributed by atoms with Gasteiger partial charge in [-0.05, 0) is 43.2 Å². The van der Waals surface area contributed by atoms with Crippen LogP contribution >= 0.6 is 0 Å². The number of carbonyl (C=O) groups is 3. The van der Waals surface area contributed by atoms with Crippen LogP contribution in [0.15, 0.2) is 47.4 Å². The van der Waals surface area contributed by atoms with Gasteiger partial charge in [0.1, 0.15) is 0 Å². The van der Waals surface area contributed by atoms with Gasteiger partial charge in [0.25, 0.3) is 15.9 Å². The monoisotopic (exact) mass is 476 g/mol. The van der Waals surface area contributed by atoms with Crippen LogP contribution in [0.2, 0.25) is 0 Å². The topological polar surface area (TPSA) is 137 Å². The zero-order valence-electron chi connectivity index (χ0n) is 18.1. The van der Waals surface area contributed by atoms with Crippen LogP contribution < -0.4 is 10.0 Å². The third-order valence-corrected chi connectivity index (χ3v) is 6.33. The summed E-state index contributed by atoms with van der Waals surface area (Å²) in [6.07, 6.45) is 1.69. The van der Waals surface area contributed by atoms with Crippen molar-refractivity contribution in [1.29, 1.82) is 0 Å². The van der Waals surface area contributed by atoms with Crippen LogP contribution in [0, 0.1) is 0 Å². The average Bonchev–Trinajstić information content (AvgIpc) is 3.35. The van der Waals surface area contributed by atoms with Crippen LogP contribution in [0.3, 0.4) is 0 Å². The normalized spacial score (nSPS) is 15.5. The molecule has 10 nitrogen and oxygen atoms in total. The second kappa shape index (κ2) is 10.5. The molecule has 1 heterocycles. The highest BCUT2D eigenvalue weighted by Crippen LogP contribution is 2.23. The van der Waals surface area contributed by atoms with E-state index in [0.717, 1.165) is 39.2 Å². The number of carbonyl (C=O) groups excluding carboxylic acids is 3. The van der Waals surface area contributed by atoms with Gasteiger partial charge in [-0.15, -0.1) is 0 Å². The fourth-order valence-electron chi connectivity index (χ4n) is 3.31. The van der Waals surface area contributed by atoms with E-state index in [1.54, 1.807) is 12.1 Å². The Balaban J connectivity index is 1.89. The molecular formula is C22H24N2O8S. The number of benzene rings is 2. The largest absolute Gasteiger partial charge is 0.465 e. The van der Waals surface area contributed by atoms with Crippen LogP contribution in [0.5, 0.6) is 0 Å². The maximum atomic E-state index is 13.1. The number of hydrogen-bond acceptors (Lipinski definition) is 8. The molecule has 1 aliphatic rings. The van der Waals surface area contributed by atoms with Gasteiger partial charge in [0, 0.05) is 13.2 Å². The summed E-state index contributed by atoms with van der Waals surface area (Å²) in [4.78, 5) is 36.3. The van der Waals surface area contributed by atoms with Gasteiger partial charge < -0.3 is 19.5 Å². The molecule has 0 radical (unpaired) electrons. The number of nitrogens with one attached hydrogen (secondary N) is 2. The van der Waals surface area contributed by atoms with Crippen LogP contribution in [0.1, 0.15) is 43.9 Å². The van der Waals surface area contributed by atoms with Gasteiger partial charge in [-0.25, -0.2) is 18.0 Å². The SMILES string of the molecule is COC(=O)c1cc(C(=O)OC)cc(S(=O)(=O)Nc2ccccc2C(=O)NCC2CCCO2)c1. The van der Waals surface area contributed by atoms with Crippen LogP contribution in [0.25, 0.3) is 0 Å². The number of anilines is 1. The molecule has 2 aromatic carbocycles. The lowest BCUT2D eigenvalue weighted by atomic mass is 10.1. The summed E-state index contributed by atoms with van der Waals surface area (Å²) in [7, 11) is -2.04. The number of rotatable bonds is 8. The Bertz CT molecular complexity index is 1120. The van der Waals surface area contributed by atoms with E-state index in [0.29, 0.717) is 13.2 Å². The Kier molecular flexibility index (Phi) is 7.67. The molecule has 1 saturated heterocycles. The summed E-state index contributed by atoms with van der Waals surface area (Å²) in [5.74, 6) is -2.13.